The number of hydrogen-bond acceptors (Lipinski definition) is 10. The van der Waals surface area contributed by atoms with Crippen molar-refractivity contribution in [2.45, 2.75) is 6.54 Å². The van der Waals surface area contributed by atoms with Gasteiger partial charge in [0.25, 0.3) is 11.6 Å². The number of anilines is 1. The quantitative estimate of drug-likeness (QED) is 0.189. The fourth-order valence-electron chi connectivity index (χ4n) is 3.50. The van der Waals surface area contributed by atoms with Crippen molar-refractivity contribution in [1.82, 2.24) is 25.3 Å². The Morgan fingerprint density at radius 2 is 2.06 bits per heavy atom. The maximum Gasteiger partial charge on any atom is 0.288 e. The van der Waals surface area contributed by atoms with Gasteiger partial charge in [0, 0.05) is 11.6 Å². The lowest BCUT2D eigenvalue weighted by molar-refractivity contribution is -0.384. The summed E-state index contributed by atoms with van der Waals surface area (Å²) >= 11 is 5.85. The van der Waals surface area contributed by atoms with Crippen LogP contribution in [0.5, 0.6) is 0 Å². The van der Waals surface area contributed by atoms with E-state index in [1.165, 1.54) is 18.3 Å². The summed E-state index contributed by atoms with van der Waals surface area (Å²) in [5.41, 5.74) is 10.0. The van der Waals surface area contributed by atoms with Gasteiger partial charge < -0.3 is 14.7 Å². The van der Waals surface area contributed by atoms with Crippen molar-refractivity contribution >= 4 is 46.3 Å². The summed E-state index contributed by atoms with van der Waals surface area (Å²) in [6, 6.07) is 14.8. The molecule has 0 aliphatic rings. The molecule has 3 heterocycles. The van der Waals surface area contributed by atoms with Gasteiger partial charge in [-0.15, -0.1) is 0 Å². The molecule has 0 aliphatic heterocycles. The van der Waals surface area contributed by atoms with Gasteiger partial charge in [-0.05, 0) is 46.7 Å². The number of amides is 1. The van der Waals surface area contributed by atoms with E-state index in [0.717, 1.165) is 0 Å². The molecule has 13 nitrogen and oxygen atoms in total. The van der Waals surface area contributed by atoms with Gasteiger partial charge in [-0.2, -0.15) is 5.10 Å². The highest BCUT2D eigenvalue weighted by Crippen LogP contribution is 2.31. The summed E-state index contributed by atoms with van der Waals surface area (Å²) < 4.78 is 11.9. The second kappa shape index (κ2) is 9.31. The van der Waals surface area contributed by atoms with Crippen LogP contribution in [0, 0.1) is 10.1 Å². The first-order chi connectivity index (χ1) is 17.4. The summed E-state index contributed by atoms with van der Waals surface area (Å²) in [5.74, 6) is 0.603. The summed E-state index contributed by atoms with van der Waals surface area (Å²) in [5, 5.41) is 22.4. The van der Waals surface area contributed by atoms with Gasteiger partial charge in [0.05, 0.1) is 22.2 Å². The number of halogens is 1. The van der Waals surface area contributed by atoms with Gasteiger partial charge in [0.2, 0.25) is 0 Å². The van der Waals surface area contributed by atoms with Crippen LogP contribution in [0.3, 0.4) is 0 Å². The predicted molar refractivity (Wildman–Crippen MR) is 129 cm³/mol. The molecule has 0 fully saturated rings. The van der Waals surface area contributed by atoms with E-state index in [0.29, 0.717) is 33.9 Å². The Morgan fingerprint density at radius 1 is 1.22 bits per heavy atom. The summed E-state index contributed by atoms with van der Waals surface area (Å²) in [6.45, 7) is -0.142. The second-order valence-electron chi connectivity index (χ2n) is 7.43. The molecule has 0 radical (unpaired) electrons. The standard InChI is InChI=1S/C22H15ClN8O5/c23-14-7-5-12(9-17(14)31(33)34)18-8-6-13(35-18)10-25-27-19(32)11-30-16-4-2-1-3-15(16)26-22(30)20-21(24)29-36-28-20/h1-10H,11H2,(H2,24,29)(H,27,32)/b25-10-. The lowest BCUT2D eigenvalue weighted by Crippen LogP contribution is -2.23. The third kappa shape index (κ3) is 4.37. The van der Waals surface area contributed by atoms with Gasteiger partial charge in [-0.3, -0.25) is 14.9 Å². The number of nitro benzene ring substituents is 1. The van der Waals surface area contributed by atoms with Crippen molar-refractivity contribution in [2.24, 2.45) is 5.10 Å². The Hall–Kier alpha value is -5.04. The van der Waals surface area contributed by atoms with Gasteiger partial charge in [0.1, 0.15) is 23.1 Å². The molecule has 3 aromatic heterocycles. The van der Waals surface area contributed by atoms with Crippen LogP contribution < -0.4 is 11.2 Å². The predicted octanol–water partition coefficient (Wildman–Crippen LogP) is 3.64. The maximum atomic E-state index is 12.6. The smallest absolute Gasteiger partial charge is 0.288 e. The number of nitrogens with two attached hydrogens (primary N) is 1. The number of nitrogen functional groups attached to an aromatic ring is 1. The summed E-state index contributed by atoms with van der Waals surface area (Å²) in [6.07, 6.45) is 1.30. The molecule has 3 N–H and O–H groups in total. The minimum atomic E-state index is -0.574. The molecule has 0 spiro atoms. The number of aromatic nitrogens is 4. The van der Waals surface area contributed by atoms with E-state index in [-0.39, 0.29) is 28.8 Å². The van der Waals surface area contributed by atoms with Crippen LogP contribution >= 0.6 is 11.6 Å². The topological polar surface area (TPSA) is 180 Å². The van der Waals surface area contributed by atoms with E-state index in [1.54, 1.807) is 34.9 Å². The number of hydrogen-bond donors (Lipinski definition) is 2. The highest BCUT2D eigenvalue weighted by atomic mass is 35.5. The Bertz CT molecular complexity index is 1640. The van der Waals surface area contributed by atoms with Gasteiger partial charge in [0.15, 0.2) is 17.3 Å². The summed E-state index contributed by atoms with van der Waals surface area (Å²) in [4.78, 5) is 27.7. The van der Waals surface area contributed by atoms with E-state index >= 15 is 0 Å². The molecular weight excluding hydrogens is 492 g/mol. The number of para-hydroxylation sites is 2. The Morgan fingerprint density at radius 3 is 2.83 bits per heavy atom. The fraction of sp³-hybridized carbons (Fsp3) is 0.0455. The molecular formula is C22H15ClN8O5. The summed E-state index contributed by atoms with van der Waals surface area (Å²) in [7, 11) is 0. The largest absolute Gasteiger partial charge is 0.455 e. The number of nitrogens with zero attached hydrogens (tertiary/aromatic N) is 6. The van der Waals surface area contributed by atoms with Crippen LogP contribution in [0.2, 0.25) is 5.02 Å². The van der Waals surface area contributed by atoms with E-state index in [1.807, 2.05) is 12.1 Å². The lowest BCUT2D eigenvalue weighted by Gasteiger charge is -2.06. The third-order valence-corrected chi connectivity index (χ3v) is 5.44. The van der Waals surface area contributed by atoms with E-state index in [4.69, 9.17) is 21.8 Å². The van der Waals surface area contributed by atoms with Crippen molar-refractivity contribution in [1.29, 1.82) is 0 Å². The molecule has 180 valence electrons. The number of furan rings is 1. The molecule has 0 aliphatic carbocycles. The van der Waals surface area contributed by atoms with Crippen LogP contribution in [-0.2, 0) is 11.3 Å². The minimum Gasteiger partial charge on any atom is -0.455 e. The van der Waals surface area contributed by atoms with Gasteiger partial charge in [-0.1, -0.05) is 23.7 Å². The molecule has 5 rings (SSSR count). The highest BCUT2D eigenvalue weighted by Gasteiger charge is 2.20. The maximum absolute atomic E-state index is 12.6. The molecule has 1 amide bonds. The zero-order valence-electron chi connectivity index (χ0n) is 18.2. The molecule has 0 unspecified atom stereocenters. The highest BCUT2D eigenvalue weighted by molar-refractivity contribution is 6.32. The Kier molecular flexibility index (Phi) is 5.88. The zero-order valence-corrected chi connectivity index (χ0v) is 18.9. The number of nitro groups is 1. The normalized spacial score (nSPS) is 11.4. The van der Waals surface area contributed by atoms with Gasteiger partial charge >= 0.3 is 0 Å². The van der Waals surface area contributed by atoms with Crippen LogP contribution in [0.25, 0.3) is 33.9 Å². The fourth-order valence-corrected chi connectivity index (χ4v) is 3.68. The number of fused-ring (bicyclic) bond motifs is 1. The van der Waals surface area contributed by atoms with E-state index < -0.39 is 10.8 Å². The minimum absolute atomic E-state index is 0.0242. The SMILES string of the molecule is Nc1nonc1-c1nc2ccccc2n1CC(=O)N/N=C\c1ccc(-c2ccc(Cl)c([N+](=O)[O-])c2)o1. The number of carbonyl (C=O) groups is 1. The van der Waals surface area contributed by atoms with Gasteiger partial charge in [-0.25, -0.2) is 15.0 Å². The number of imidazole rings is 1. The third-order valence-electron chi connectivity index (χ3n) is 5.12. The Labute approximate surface area is 206 Å². The molecule has 0 saturated carbocycles. The number of carbonyl (C=O) groups excluding carboxylic acids is 1. The average Bonchev–Trinajstić information content (AvgIpc) is 3.58. The first-order valence-corrected chi connectivity index (χ1v) is 10.7. The second-order valence-corrected chi connectivity index (χ2v) is 7.83. The Balaban J connectivity index is 1.31. The monoisotopic (exact) mass is 506 g/mol. The lowest BCUT2D eigenvalue weighted by atomic mass is 10.1. The number of rotatable bonds is 7. The molecule has 0 bridgehead atoms. The van der Waals surface area contributed by atoms with Crippen molar-refractivity contribution in [2.75, 3.05) is 5.73 Å². The van der Waals surface area contributed by atoms with E-state index in [9.17, 15) is 14.9 Å². The number of hydrazone groups is 1. The van der Waals surface area contributed by atoms with Crippen LogP contribution in [0.1, 0.15) is 5.76 Å². The van der Waals surface area contributed by atoms with Crippen molar-refractivity contribution in [3.05, 3.63) is 75.5 Å². The van der Waals surface area contributed by atoms with Crippen LogP contribution in [0.4, 0.5) is 11.5 Å². The molecule has 36 heavy (non-hydrogen) atoms. The van der Waals surface area contributed by atoms with Crippen LogP contribution in [0.15, 0.2) is 68.7 Å². The van der Waals surface area contributed by atoms with Crippen molar-refractivity contribution < 1.29 is 18.8 Å². The van der Waals surface area contributed by atoms with Crippen molar-refractivity contribution in [3.8, 4) is 22.8 Å². The first kappa shape index (κ1) is 22.7. The average molecular weight is 507 g/mol. The molecule has 5 aromatic rings. The van der Waals surface area contributed by atoms with E-state index in [2.05, 4.69) is 30.5 Å². The van der Waals surface area contributed by atoms with Crippen molar-refractivity contribution in [3.63, 3.8) is 0 Å². The number of nitrogens with one attached hydrogen (secondary N) is 1. The number of benzene rings is 2. The molecule has 0 saturated heterocycles. The van der Waals surface area contributed by atoms with Crippen LogP contribution in [-0.4, -0.2) is 36.9 Å². The zero-order chi connectivity index (χ0) is 25.2. The first-order valence-electron chi connectivity index (χ1n) is 10.3. The molecule has 0 atom stereocenters. The molecule has 14 heteroatoms. The molecule has 2 aromatic carbocycles.